The largest absolute Gasteiger partial charge is 0.340 e. The molecular weight excluding hydrogens is 302 g/mol. The van der Waals surface area contributed by atoms with E-state index in [1.165, 1.54) is 5.56 Å². The second kappa shape index (κ2) is 9.12. The zero-order chi connectivity index (χ0) is 15.2. The molecule has 1 atom stereocenters. The predicted octanol–water partition coefficient (Wildman–Crippen LogP) is 1.10. The van der Waals surface area contributed by atoms with Crippen molar-refractivity contribution in [3.8, 4) is 0 Å². The Morgan fingerprint density at radius 1 is 1.36 bits per heavy atom. The van der Waals surface area contributed by atoms with E-state index in [2.05, 4.69) is 23.1 Å². The van der Waals surface area contributed by atoms with Crippen LogP contribution in [-0.2, 0) is 17.9 Å². The number of aromatic nitrogens is 2. The number of hydrogen-bond donors (Lipinski definition) is 1. The van der Waals surface area contributed by atoms with E-state index >= 15 is 0 Å². The maximum Gasteiger partial charge on any atom is 0.239 e. The van der Waals surface area contributed by atoms with Crippen LogP contribution < -0.4 is 5.73 Å². The van der Waals surface area contributed by atoms with Gasteiger partial charge in [-0.1, -0.05) is 6.92 Å². The zero-order valence-corrected chi connectivity index (χ0v) is 14.4. The molecular formula is C15H28ClN5O. The third-order valence-corrected chi connectivity index (χ3v) is 3.84. The monoisotopic (exact) mass is 329 g/mol. The molecule has 1 aromatic heterocycles. The fourth-order valence-electron chi connectivity index (χ4n) is 2.74. The molecule has 1 aliphatic heterocycles. The maximum absolute atomic E-state index is 12.0. The predicted molar refractivity (Wildman–Crippen MR) is 89.9 cm³/mol. The number of halogens is 1. The normalized spacial score (nSPS) is 17.7. The first kappa shape index (κ1) is 18.9. The van der Waals surface area contributed by atoms with Gasteiger partial charge in [0.15, 0.2) is 0 Å². The molecule has 0 radical (unpaired) electrons. The number of nitrogens with two attached hydrogens (primary N) is 1. The third kappa shape index (κ3) is 5.26. The van der Waals surface area contributed by atoms with E-state index < -0.39 is 6.04 Å². The molecule has 0 aliphatic carbocycles. The van der Waals surface area contributed by atoms with Crippen molar-refractivity contribution in [2.75, 3.05) is 26.2 Å². The van der Waals surface area contributed by atoms with Gasteiger partial charge in [-0.3, -0.25) is 14.4 Å². The molecule has 7 heteroatoms. The van der Waals surface area contributed by atoms with Crippen LogP contribution in [0.4, 0.5) is 0 Å². The summed E-state index contributed by atoms with van der Waals surface area (Å²) in [6.07, 6.45) is 6.17. The van der Waals surface area contributed by atoms with Crippen LogP contribution in [0.5, 0.6) is 0 Å². The molecule has 0 saturated carbocycles. The molecule has 1 amide bonds. The van der Waals surface area contributed by atoms with Crippen LogP contribution in [0.2, 0.25) is 0 Å². The Morgan fingerprint density at radius 3 is 2.82 bits per heavy atom. The van der Waals surface area contributed by atoms with Gasteiger partial charge in [0.05, 0.1) is 12.2 Å². The first-order chi connectivity index (χ1) is 10.1. The lowest BCUT2D eigenvalue weighted by atomic mass is 10.3. The number of carbonyl (C=O) groups excluding carboxylic acids is 1. The van der Waals surface area contributed by atoms with Crippen molar-refractivity contribution in [3.05, 3.63) is 18.0 Å². The Kier molecular flexibility index (Phi) is 7.85. The summed E-state index contributed by atoms with van der Waals surface area (Å²) in [7, 11) is 0. The summed E-state index contributed by atoms with van der Waals surface area (Å²) < 4.78 is 2.00. The summed E-state index contributed by atoms with van der Waals surface area (Å²) in [5.74, 6) is 0.0626. The first-order valence-electron chi connectivity index (χ1n) is 7.88. The SMILES string of the molecule is CCCn1cc(CN2CCCN(C(=O)[C@@H](C)N)CC2)cn1.Cl. The number of rotatable bonds is 5. The third-order valence-electron chi connectivity index (χ3n) is 3.84. The molecule has 6 nitrogen and oxygen atoms in total. The minimum Gasteiger partial charge on any atom is -0.340 e. The summed E-state index contributed by atoms with van der Waals surface area (Å²) >= 11 is 0. The van der Waals surface area contributed by atoms with Gasteiger partial charge < -0.3 is 10.6 Å². The van der Waals surface area contributed by atoms with Crippen LogP contribution in [0.25, 0.3) is 0 Å². The molecule has 1 aromatic rings. The van der Waals surface area contributed by atoms with E-state index in [1.54, 1.807) is 6.92 Å². The Morgan fingerprint density at radius 2 is 2.14 bits per heavy atom. The quantitative estimate of drug-likeness (QED) is 0.878. The van der Waals surface area contributed by atoms with Crippen molar-refractivity contribution >= 4 is 18.3 Å². The second-order valence-electron chi connectivity index (χ2n) is 5.86. The van der Waals surface area contributed by atoms with Gasteiger partial charge >= 0.3 is 0 Å². The standard InChI is InChI=1S/C15H27N5O.ClH/c1-3-5-20-12-14(10-17-20)11-18-6-4-7-19(9-8-18)15(21)13(2)16;/h10,12-13H,3-9,11,16H2,1-2H3;1H/t13-;/m1./s1. The molecule has 22 heavy (non-hydrogen) atoms. The van der Waals surface area contributed by atoms with E-state index in [0.717, 1.165) is 52.1 Å². The van der Waals surface area contributed by atoms with Crippen LogP contribution in [0, 0.1) is 0 Å². The summed E-state index contributed by atoms with van der Waals surface area (Å²) in [6, 6.07) is -0.399. The minimum atomic E-state index is -0.399. The number of hydrogen-bond acceptors (Lipinski definition) is 4. The fraction of sp³-hybridized carbons (Fsp3) is 0.733. The van der Waals surface area contributed by atoms with Crippen LogP contribution in [0.1, 0.15) is 32.3 Å². The average Bonchev–Trinajstić information content (AvgIpc) is 2.75. The highest BCUT2D eigenvalue weighted by atomic mass is 35.5. The van der Waals surface area contributed by atoms with Crippen molar-refractivity contribution < 1.29 is 4.79 Å². The van der Waals surface area contributed by atoms with E-state index in [0.29, 0.717) is 0 Å². The fourth-order valence-corrected chi connectivity index (χ4v) is 2.74. The van der Waals surface area contributed by atoms with Gasteiger partial charge in [0.1, 0.15) is 0 Å². The first-order valence-corrected chi connectivity index (χ1v) is 7.88. The van der Waals surface area contributed by atoms with E-state index in [-0.39, 0.29) is 18.3 Å². The second-order valence-corrected chi connectivity index (χ2v) is 5.86. The highest BCUT2D eigenvalue weighted by molar-refractivity contribution is 5.85. The topological polar surface area (TPSA) is 67.4 Å². The molecule has 1 fully saturated rings. The number of aryl methyl sites for hydroxylation is 1. The molecule has 2 rings (SSSR count). The summed E-state index contributed by atoms with van der Waals surface area (Å²) in [5, 5.41) is 4.37. The lowest BCUT2D eigenvalue weighted by Gasteiger charge is -2.23. The van der Waals surface area contributed by atoms with Crippen molar-refractivity contribution in [2.45, 2.75) is 45.8 Å². The Hall–Kier alpha value is -1.11. The molecule has 2 heterocycles. The highest BCUT2D eigenvalue weighted by Gasteiger charge is 2.21. The van der Waals surface area contributed by atoms with Gasteiger partial charge in [0.25, 0.3) is 0 Å². The van der Waals surface area contributed by atoms with Gasteiger partial charge in [0.2, 0.25) is 5.91 Å². The Balaban J connectivity index is 0.00000242. The Labute approximate surface area is 139 Å². The summed E-state index contributed by atoms with van der Waals surface area (Å²) in [4.78, 5) is 16.2. The highest BCUT2D eigenvalue weighted by Crippen LogP contribution is 2.09. The van der Waals surface area contributed by atoms with E-state index in [9.17, 15) is 4.79 Å². The molecule has 0 aromatic carbocycles. The molecule has 0 unspecified atom stereocenters. The lowest BCUT2D eigenvalue weighted by molar-refractivity contribution is -0.132. The van der Waals surface area contributed by atoms with Gasteiger partial charge in [-0.15, -0.1) is 12.4 Å². The van der Waals surface area contributed by atoms with E-state index in [1.807, 2.05) is 15.8 Å². The number of nitrogens with zero attached hydrogens (tertiary/aromatic N) is 4. The summed E-state index contributed by atoms with van der Waals surface area (Å²) in [6.45, 7) is 9.28. The molecule has 126 valence electrons. The van der Waals surface area contributed by atoms with Gasteiger partial charge in [-0.05, 0) is 19.8 Å². The van der Waals surface area contributed by atoms with Gasteiger partial charge in [-0.2, -0.15) is 5.10 Å². The van der Waals surface area contributed by atoms with Gasteiger partial charge in [-0.25, -0.2) is 0 Å². The summed E-state index contributed by atoms with van der Waals surface area (Å²) in [5.41, 5.74) is 6.94. The maximum atomic E-state index is 12.0. The molecule has 0 bridgehead atoms. The lowest BCUT2D eigenvalue weighted by Crippen LogP contribution is -2.43. The molecule has 1 aliphatic rings. The Bertz CT molecular complexity index is 463. The molecule has 0 spiro atoms. The van der Waals surface area contributed by atoms with Crippen molar-refractivity contribution in [2.24, 2.45) is 5.73 Å². The number of carbonyl (C=O) groups is 1. The van der Waals surface area contributed by atoms with E-state index in [4.69, 9.17) is 5.73 Å². The van der Waals surface area contributed by atoms with Crippen molar-refractivity contribution in [1.29, 1.82) is 0 Å². The van der Waals surface area contributed by atoms with Crippen LogP contribution in [0.3, 0.4) is 0 Å². The molecule has 1 saturated heterocycles. The minimum absolute atomic E-state index is 0. The number of amides is 1. The molecule has 2 N–H and O–H groups in total. The van der Waals surface area contributed by atoms with Crippen LogP contribution in [0.15, 0.2) is 12.4 Å². The van der Waals surface area contributed by atoms with Gasteiger partial charge in [0, 0.05) is 51.0 Å². The van der Waals surface area contributed by atoms with Crippen molar-refractivity contribution in [1.82, 2.24) is 19.6 Å². The zero-order valence-electron chi connectivity index (χ0n) is 13.6. The van der Waals surface area contributed by atoms with Crippen LogP contribution >= 0.6 is 12.4 Å². The van der Waals surface area contributed by atoms with Crippen LogP contribution in [-0.4, -0.2) is 57.7 Å². The van der Waals surface area contributed by atoms with Crippen molar-refractivity contribution in [3.63, 3.8) is 0 Å². The average molecular weight is 330 g/mol. The smallest absolute Gasteiger partial charge is 0.239 e.